The molecule has 0 bridgehead atoms. The summed E-state index contributed by atoms with van der Waals surface area (Å²) < 4.78 is 1.06. The van der Waals surface area contributed by atoms with Gasteiger partial charge in [0.1, 0.15) is 0 Å². The summed E-state index contributed by atoms with van der Waals surface area (Å²) in [5.74, 6) is -0.819. The molecule has 0 atom stereocenters. The number of carboxylic acids is 1. The van der Waals surface area contributed by atoms with Crippen LogP contribution in [-0.2, 0) is 6.42 Å². The van der Waals surface area contributed by atoms with Gasteiger partial charge in [-0.25, -0.2) is 4.79 Å². The lowest BCUT2D eigenvalue weighted by atomic mass is 10.0. The van der Waals surface area contributed by atoms with Crippen molar-refractivity contribution in [1.29, 1.82) is 0 Å². The van der Waals surface area contributed by atoms with Crippen molar-refractivity contribution < 1.29 is 9.90 Å². The summed E-state index contributed by atoms with van der Waals surface area (Å²) in [6.07, 6.45) is 4.25. The fraction of sp³-hybridized carbons (Fsp3) is 0.417. The van der Waals surface area contributed by atoms with Gasteiger partial charge in [0.05, 0.1) is 5.56 Å². The average Bonchev–Trinajstić information content (AvgIpc) is 2.20. The third-order valence-corrected chi connectivity index (χ3v) is 3.39. The van der Waals surface area contributed by atoms with E-state index in [2.05, 4.69) is 29.5 Å². The molecule has 0 saturated heterocycles. The van der Waals surface area contributed by atoms with Crippen molar-refractivity contribution in [2.24, 2.45) is 0 Å². The lowest BCUT2D eigenvalue weighted by molar-refractivity contribution is 0.0695. The van der Waals surface area contributed by atoms with Gasteiger partial charge in [-0.1, -0.05) is 25.8 Å². The molecule has 0 amide bonds. The maximum atomic E-state index is 11.0. The van der Waals surface area contributed by atoms with E-state index in [1.165, 1.54) is 0 Å². The van der Waals surface area contributed by atoms with Crippen LogP contribution in [0.15, 0.2) is 18.2 Å². The Morgan fingerprint density at radius 3 is 2.73 bits per heavy atom. The number of halogens is 1. The molecule has 0 aliphatic heterocycles. The summed E-state index contributed by atoms with van der Waals surface area (Å²) in [6, 6.07) is 5.45. The maximum absolute atomic E-state index is 11.0. The second kappa shape index (κ2) is 6.10. The highest BCUT2D eigenvalue weighted by molar-refractivity contribution is 14.1. The summed E-state index contributed by atoms with van der Waals surface area (Å²) in [4.78, 5) is 11.0. The van der Waals surface area contributed by atoms with E-state index < -0.39 is 5.97 Å². The SMILES string of the molecule is CCCCCc1c(I)cccc1C(=O)O. The monoisotopic (exact) mass is 318 g/mol. The molecule has 1 rings (SSSR count). The summed E-state index contributed by atoms with van der Waals surface area (Å²) >= 11 is 2.21. The van der Waals surface area contributed by atoms with Crippen molar-refractivity contribution in [2.45, 2.75) is 32.6 Å². The first-order chi connectivity index (χ1) is 7.16. The second-order valence-corrected chi connectivity index (χ2v) is 4.69. The highest BCUT2D eigenvalue weighted by Gasteiger charge is 2.11. The van der Waals surface area contributed by atoms with Crippen molar-refractivity contribution in [3.05, 3.63) is 32.9 Å². The van der Waals surface area contributed by atoms with E-state index >= 15 is 0 Å². The normalized spacial score (nSPS) is 10.3. The van der Waals surface area contributed by atoms with E-state index in [0.29, 0.717) is 5.56 Å². The fourth-order valence-electron chi connectivity index (χ4n) is 1.56. The molecular weight excluding hydrogens is 303 g/mol. The third kappa shape index (κ3) is 3.48. The molecule has 0 spiro atoms. The molecule has 82 valence electrons. The molecule has 1 N–H and O–H groups in total. The van der Waals surface area contributed by atoms with Crippen molar-refractivity contribution in [3.63, 3.8) is 0 Å². The summed E-state index contributed by atoms with van der Waals surface area (Å²) in [7, 11) is 0. The Balaban J connectivity index is 2.87. The number of rotatable bonds is 5. The molecule has 2 nitrogen and oxygen atoms in total. The Labute approximate surface area is 104 Å². The van der Waals surface area contributed by atoms with Crippen LogP contribution in [0.2, 0.25) is 0 Å². The van der Waals surface area contributed by atoms with E-state index in [1.54, 1.807) is 12.1 Å². The minimum Gasteiger partial charge on any atom is -0.478 e. The number of hydrogen-bond donors (Lipinski definition) is 1. The molecule has 15 heavy (non-hydrogen) atoms. The van der Waals surface area contributed by atoms with Gasteiger partial charge in [0.25, 0.3) is 0 Å². The molecule has 3 heteroatoms. The van der Waals surface area contributed by atoms with Gasteiger partial charge in [0, 0.05) is 3.57 Å². The van der Waals surface area contributed by atoms with Crippen LogP contribution in [0.5, 0.6) is 0 Å². The molecule has 0 saturated carbocycles. The summed E-state index contributed by atoms with van der Waals surface area (Å²) in [5.41, 5.74) is 1.44. The molecular formula is C12H15IO2. The minimum absolute atomic E-state index is 0.456. The van der Waals surface area contributed by atoms with Gasteiger partial charge < -0.3 is 5.11 Å². The van der Waals surface area contributed by atoms with E-state index in [1.807, 2.05) is 6.07 Å². The van der Waals surface area contributed by atoms with E-state index in [-0.39, 0.29) is 0 Å². The number of hydrogen-bond acceptors (Lipinski definition) is 1. The number of aromatic carboxylic acids is 1. The Morgan fingerprint density at radius 1 is 1.40 bits per heavy atom. The molecule has 0 fully saturated rings. The predicted molar refractivity (Wildman–Crippen MR) is 69.3 cm³/mol. The number of unbranched alkanes of at least 4 members (excludes halogenated alkanes) is 2. The van der Waals surface area contributed by atoms with E-state index in [9.17, 15) is 4.79 Å². The first-order valence-electron chi connectivity index (χ1n) is 5.17. The minimum atomic E-state index is -0.819. The molecule has 0 aliphatic rings. The zero-order valence-corrected chi connectivity index (χ0v) is 11.0. The average molecular weight is 318 g/mol. The van der Waals surface area contributed by atoms with Crippen LogP contribution in [0.25, 0.3) is 0 Å². The van der Waals surface area contributed by atoms with E-state index in [0.717, 1.165) is 34.8 Å². The first-order valence-corrected chi connectivity index (χ1v) is 6.25. The number of carbonyl (C=O) groups is 1. The second-order valence-electron chi connectivity index (χ2n) is 3.53. The van der Waals surface area contributed by atoms with Crippen LogP contribution in [0.3, 0.4) is 0 Å². The zero-order valence-electron chi connectivity index (χ0n) is 8.79. The van der Waals surface area contributed by atoms with Crippen molar-refractivity contribution in [2.75, 3.05) is 0 Å². The summed E-state index contributed by atoms with van der Waals surface area (Å²) in [6.45, 7) is 2.15. The van der Waals surface area contributed by atoms with Crippen molar-refractivity contribution >= 4 is 28.6 Å². The predicted octanol–water partition coefficient (Wildman–Crippen LogP) is 3.72. The third-order valence-electron chi connectivity index (χ3n) is 2.38. The lowest BCUT2D eigenvalue weighted by Gasteiger charge is -2.07. The maximum Gasteiger partial charge on any atom is 0.335 e. The molecule has 1 aromatic carbocycles. The largest absolute Gasteiger partial charge is 0.478 e. The quantitative estimate of drug-likeness (QED) is 0.663. The molecule has 0 radical (unpaired) electrons. The van der Waals surface area contributed by atoms with Crippen LogP contribution < -0.4 is 0 Å². The van der Waals surface area contributed by atoms with Gasteiger partial charge >= 0.3 is 5.97 Å². The van der Waals surface area contributed by atoms with Gasteiger partial charge in [-0.05, 0) is 53.1 Å². The standard InChI is InChI=1S/C12H15IO2/c1-2-3-4-6-9-10(12(14)15)7-5-8-11(9)13/h5,7-8H,2-4,6H2,1H3,(H,14,15). The van der Waals surface area contributed by atoms with E-state index in [4.69, 9.17) is 5.11 Å². The van der Waals surface area contributed by atoms with Gasteiger partial charge in [-0.15, -0.1) is 0 Å². The van der Waals surface area contributed by atoms with Crippen LogP contribution in [0.1, 0.15) is 42.1 Å². The molecule has 0 aromatic heterocycles. The van der Waals surface area contributed by atoms with Crippen LogP contribution >= 0.6 is 22.6 Å². The Bertz CT molecular complexity index is 347. The highest BCUT2D eigenvalue weighted by atomic mass is 127. The Morgan fingerprint density at radius 2 is 2.13 bits per heavy atom. The molecule has 0 unspecified atom stereocenters. The Hall–Kier alpha value is -0.580. The highest BCUT2D eigenvalue weighted by Crippen LogP contribution is 2.19. The van der Waals surface area contributed by atoms with Crippen LogP contribution in [0, 0.1) is 3.57 Å². The van der Waals surface area contributed by atoms with Gasteiger partial charge in [-0.2, -0.15) is 0 Å². The summed E-state index contributed by atoms with van der Waals surface area (Å²) in [5, 5.41) is 9.04. The molecule has 0 heterocycles. The van der Waals surface area contributed by atoms with Gasteiger partial charge in [0.2, 0.25) is 0 Å². The first kappa shape index (κ1) is 12.5. The van der Waals surface area contributed by atoms with Gasteiger partial charge in [0.15, 0.2) is 0 Å². The zero-order chi connectivity index (χ0) is 11.3. The number of benzene rings is 1. The van der Waals surface area contributed by atoms with Gasteiger partial charge in [-0.3, -0.25) is 0 Å². The van der Waals surface area contributed by atoms with Crippen LogP contribution in [0.4, 0.5) is 0 Å². The lowest BCUT2D eigenvalue weighted by Crippen LogP contribution is -2.04. The Kier molecular flexibility index (Phi) is 5.08. The van der Waals surface area contributed by atoms with Crippen molar-refractivity contribution in [3.8, 4) is 0 Å². The topological polar surface area (TPSA) is 37.3 Å². The number of carboxylic acid groups (broad SMARTS) is 1. The fourth-order valence-corrected chi connectivity index (χ4v) is 2.33. The van der Waals surface area contributed by atoms with Crippen LogP contribution in [-0.4, -0.2) is 11.1 Å². The van der Waals surface area contributed by atoms with Crippen molar-refractivity contribution in [1.82, 2.24) is 0 Å². The smallest absolute Gasteiger partial charge is 0.335 e. The molecule has 1 aromatic rings. The molecule has 0 aliphatic carbocycles.